The number of para-hydroxylation sites is 1. The van der Waals surface area contributed by atoms with Crippen molar-refractivity contribution in [1.82, 2.24) is 20.2 Å². The van der Waals surface area contributed by atoms with Crippen molar-refractivity contribution in [2.45, 2.75) is 45.2 Å². The summed E-state index contributed by atoms with van der Waals surface area (Å²) in [5.41, 5.74) is 5.21. The van der Waals surface area contributed by atoms with Crippen LogP contribution in [0.1, 0.15) is 42.9 Å². The normalized spacial score (nSPS) is 12.0. The van der Waals surface area contributed by atoms with Gasteiger partial charge in [-0.3, -0.25) is 4.79 Å². The lowest BCUT2D eigenvalue weighted by molar-refractivity contribution is -0.113. The number of anilines is 1. The average Bonchev–Trinajstić information content (AvgIpc) is 3.14. The number of nitrogens with zero attached hydrogens (tertiary/aromatic N) is 4. The van der Waals surface area contributed by atoms with Crippen LogP contribution in [-0.4, -0.2) is 31.9 Å². The molecule has 3 rings (SSSR count). The van der Waals surface area contributed by atoms with E-state index in [1.165, 1.54) is 17.3 Å². The third kappa shape index (κ3) is 4.59. The highest BCUT2D eigenvalue weighted by Crippen LogP contribution is 2.27. The molecule has 28 heavy (non-hydrogen) atoms. The molecule has 0 saturated carbocycles. The van der Waals surface area contributed by atoms with Gasteiger partial charge >= 0.3 is 0 Å². The molecule has 1 N–H and O–H groups in total. The minimum absolute atomic E-state index is 0.0732. The molecular weight excluding hydrogens is 370 g/mol. The Bertz CT molecular complexity index is 969. The van der Waals surface area contributed by atoms with E-state index in [2.05, 4.69) is 46.8 Å². The molecule has 6 nitrogen and oxygen atoms in total. The molecule has 0 aliphatic carbocycles. The first kappa shape index (κ1) is 20.1. The molecule has 2 aromatic carbocycles. The van der Waals surface area contributed by atoms with Crippen LogP contribution in [0.2, 0.25) is 0 Å². The second-order valence-electron chi connectivity index (χ2n) is 6.90. The molecule has 0 aliphatic heterocycles. The van der Waals surface area contributed by atoms with Gasteiger partial charge in [0, 0.05) is 5.69 Å². The van der Waals surface area contributed by atoms with Gasteiger partial charge in [-0.15, -0.1) is 5.10 Å². The molecule has 0 radical (unpaired) electrons. The molecule has 0 bridgehead atoms. The van der Waals surface area contributed by atoms with Crippen molar-refractivity contribution >= 4 is 23.4 Å². The zero-order valence-electron chi connectivity index (χ0n) is 16.6. The van der Waals surface area contributed by atoms with Crippen molar-refractivity contribution in [2.75, 3.05) is 11.1 Å². The van der Waals surface area contributed by atoms with Crippen LogP contribution in [0.3, 0.4) is 0 Å². The predicted molar refractivity (Wildman–Crippen MR) is 113 cm³/mol. The van der Waals surface area contributed by atoms with E-state index < -0.39 is 0 Å². The molecule has 0 fully saturated rings. The number of benzene rings is 2. The van der Waals surface area contributed by atoms with Gasteiger partial charge in [0.1, 0.15) is 0 Å². The zero-order chi connectivity index (χ0) is 20.1. The second kappa shape index (κ2) is 9.01. The van der Waals surface area contributed by atoms with Crippen molar-refractivity contribution in [3.05, 3.63) is 59.2 Å². The van der Waals surface area contributed by atoms with E-state index in [0.29, 0.717) is 11.1 Å². The Kier molecular flexibility index (Phi) is 6.46. The van der Waals surface area contributed by atoms with Gasteiger partial charge in [0.25, 0.3) is 0 Å². The molecule has 0 saturated heterocycles. The van der Waals surface area contributed by atoms with Crippen LogP contribution in [0.4, 0.5) is 5.69 Å². The lowest BCUT2D eigenvalue weighted by Crippen LogP contribution is -2.16. The maximum atomic E-state index is 12.5. The number of hydrogen-bond acceptors (Lipinski definition) is 5. The van der Waals surface area contributed by atoms with Gasteiger partial charge in [-0.1, -0.05) is 61.5 Å². The number of aryl methyl sites for hydroxylation is 2. The molecule has 1 heterocycles. The van der Waals surface area contributed by atoms with Gasteiger partial charge < -0.3 is 5.32 Å². The number of aromatic nitrogens is 4. The Morgan fingerprint density at radius 2 is 2.00 bits per heavy atom. The van der Waals surface area contributed by atoms with Crippen LogP contribution in [0.25, 0.3) is 5.69 Å². The summed E-state index contributed by atoms with van der Waals surface area (Å²) in [6.07, 6.45) is 1.02. The number of rotatable bonds is 7. The summed E-state index contributed by atoms with van der Waals surface area (Å²) in [6, 6.07) is 14.1. The third-order valence-corrected chi connectivity index (χ3v) is 5.65. The van der Waals surface area contributed by atoms with Crippen molar-refractivity contribution in [3.8, 4) is 5.69 Å². The molecule has 0 aliphatic rings. The largest absolute Gasteiger partial charge is 0.325 e. The molecule has 1 atom stereocenters. The number of tetrazole rings is 1. The fraction of sp³-hybridized carbons (Fsp3) is 0.333. The number of thioether (sulfide) groups is 1. The van der Waals surface area contributed by atoms with Crippen LogP contribution in [0, 0.1) is 13.8 Å². The van der Waals surface area contributed by atoms with E-state index in [-0.39, 0.29) is 11.7 Å². The minimum Gasteiger partial charge on any atom is -0.325 e. The summed E-state index contributed by atoms with van der Waals surface area (Å²) in [6.45, 7) is 8.38. The highest BCUT2D eigenvalue weighted by atomic mass is 32.2. The molecule has 0 unspecified atom stereocenters. The Hall–Kier alpha value is -2.67. The van der Waals surface area contributed by atoms with E-state index in [0.717, 1.165) is 28.9 Å². The van der Waals surface area contributed by atoms with Gasteiger partial charge in [-0.2, -0.15) is 4.68 Å². The van der Waals surface area contributed by atoms with E-state index in [4.69, 9.17) is 0 Å². The van der Waals surface area contributed by atoms with Gasteiger partial charge in [-0.25, -0.2) is 0 Å². The van der Waals surface area contributed by atoms with E-state index >= 15 is 0 Å². The SMILES string of the molecule is CC[C@@H](C)c1ccccc1NC(=O)CSc1nnnn1-c1ccc(C)cc1C. The first-order valence-corrected chi connectivity index (χ1v) is 10.4. The first-order valence-electron chi connectivity index (χ1n) is 9.37. The van der Waals surface area contributed by atoms with E-state index in [1.807, 2.05) is 44.2 Å². The number of carbonyl (C=O) groups excluding carboxylic acids is 1. The summed E-state index contributed by atoms with van der Waals surface area (Å²) in [7, 11) is 0. The zero-order valence-corrected chi connectivity index (χ0v) is 17.5. The van der Waals surface area contributed by atoms with Crippen LogP contribution in [-0.2, 0) is 4.79 Å². The maximum absolute atomic E-state index is 12.5. The lowest BCUT2D eigenvalue weighted by atomic mass is 9.97. The molecule has 0 spiro atoms. The molecule has 7 heteroatoms. The molecule has 1 amide bonds. The smallest absolute Gasteiger partial charge is 0.234 e. The molecule has 3 aromatic rings. The quantitative estimate of drug-likeness (QED) is 0.595. The van der Waals surface area contributed by atoms with Crippen molar-refractivity contribution < 1.29 is 4.79 Å². The van der Waals surface area contributed by atoms with Crippen molar-refractivity contribution in [2.24, 2.45) is 0 Å². The van der Waals surface area contributed by atoms with Crippen LogP contribution in [0.5, 0.6) is 0 Å². The summed E-state index contributed by atoms with van der Waals surface area (Å²) in [5, 5.41) is 15.6. The Balaban J connectivity index is 1.69. The van der Waals surface area contributed by atoms with Crippen LogP contribution < -0.4 is 5.32 Å². The maximum Gasteiger partial charge on any atom is 0.234 e. The number of hydrogen-bond donors (Lipinski definition) is 1. The predicted octanol–water partition coefficient (Wildman–Crippen LogP) is 4.52. The monoisotopic (exact) mass is 395 g/mol. The van der Waals surface area contributed by atoms with Gasteiger partial charge in [0.05, 0.1) is 11.4 Å². The first-order chi connectivity index (χ1) is 13.5. The van der Waals surface area contributed by atoms with Crippen molar-refractivity contribution in [3.63, 3.8) is 0 Å². The summed E-state index contributed by atoms with van der Waals surface area (Å²) in [5.74, 6) is 0.553. The van der Waals surface area contributed by atoms with Crippen molar-refractivity contribution in [1.29, 1.82) is 0 Å². The number of carbonyl (C=O) groups is 1. The highest BCUT2D eigenvalue weighted by molar-refractivity contribution is 7.99. The topological polar surface area (TPSA) is 72.7 Å². The minimum atomic E-state index is -0.0732. The molecule has 146 valence electrons. The van der Waals surface area contributed by atoms with Gasteiger partial charge in [0.15, 0.2) is 0 Å². The van der Waals surface area contributed by atoms with E-state index in [9.17, 15) is 4.79 Å². The fourth-order valence-electron chi connectivity index (χ4n) is 3.04. The Labute approximate surface area is 169 Å². The third-order valence-electron chi connectivity index (χ3n) is 4.73. The summed E-state index contributed by atoms with van der Waals surface area (Å²) >= 11 is 1.32. The lowest BCUT2D eigenvalue weighted by Gasteiger charge is -2.15. The Morgan fingerprint density at radius 3 is 2.75 bits per heavy atom. The summed E-state index contributed by atoms with van der Waals surface area (Å²) in [4.78, 5) is 12.5. The second-order valence-corrected chi connectivity index (χ2v) is 7.84. The average molecular weight is 396 g/mol. The van der Waals surface area contributed by atoms with Gasteiger partial charge in [0.2, 0.25) is 11.1 Å². The number of nitrogens with one attached hydrogen (secondary N) is 1. The fourth-order valence-corrected chi connectivity index (χ4v) is 3.72. The standard InChI is InChI=1S/C21H25N5OS/c1-5-15(3)17-8-6-7-9-18(17)22-20(27)13-28-21-23-24-25-26(21)19-11-10-14(2)12-16(19)4/h6-12,15H,5,13H2,1-4H3,(H,22,27)/t15-/m1/s1. The van der Waals surface area contributed by atoms with Gasteiger partial charge in [-0.05, 0) is 59.9 Å². The summed E-state index contributed by atoms with van der Waals surface area (Å²) < 4.78 is 1.68. The number of amides is 1. The highest BCUT2D eigenvalue weighted by Gasteiger charge is 2.15. The van der Waals surface area contributed by atoms with Crippen LogP contribution >= 0.6 is 11.8 Å². The molecular formula is C21H25N5OS. The van der Waals surface area contributed by atoms with Crippen LogP contribution in [0.15, 0.2) is 47.6 Å². The molecule has 1 aromatic heterocycles. The Morgan fingerprint density at radius 1 is 1.21 bits per heavy atom. The van der Waals surface area contributed by atoms with E-state index in [1.54, 1.807) is 4.68 Å².